The summed E-state index contributed by atoms with van der Waals surface area (Å²) in [6, 6.07) is 9.33. The molecule has 1 atom stereocenters. The average Bonchev–Trinajstić information content (AvgIpc) is 3.26. The van der Waals surface area contributed by atoms with Crippen LogP contribution in [-0.2, 0) is 4.74 Å². The zero-order valence-corrected chi connectivity index (χ0v) is 19.5. The molecule has 2 aliphatic heterocycles. The van der Waals surface area contributed by atoms with E-state index < -0.39 is 0 Å². The first kappa shape index (κ1) is 21.7. The molecule has 6 nitrogen and oxygen atoms in total. The molecule has 1 aromatic heterocycles. The molecular formula is C26H36N4O2. The van der Waals surface area contributed by atoms with E-state index in [1.807, 2.05) is 19.3 Å². The molecule has 3 fully saturated rings. The lowest BCUT2D eigenvalue weighted by Gasteiger charge is -2.49. The predicted molar refractivity (Wildman–Crippen MR) is 126 cm³/mol. The highest BCUT2D eigenvalue weighted by atomic mass is 16.5. The number of hydrogen-bond acceptors (Lipinski definition) is 6. The van der Waals surface area contributed by atoms with Crippen molar-refractivity contribution in [3.8, 4) is 5.75 Å². The second kappa shape index (κ2) is 9.36. The van der Waals surface area contributed by atoms with E-state index in [1.54, 1.807) is 7.11 Å². The summed E-state index contributed by atoms with van der Waals surface area (Å²) >= 11 is 0. The van der Waals surface area contributed by atoms with E-state index in [1.165, 1.54) is 50.8 Å². The number of likely N-dealkylation sites (tertiary alicyclic amines) is 1. The molecule has 3 heterocycles. The Bertz CT molecular complexity index is 889. The van der Waals surface area contributed by atoms with Gasteiger partial charge in [-0.15, -0.1) is 0 Å². The van der Waals surface area contributed by atoms with Crippen molar-refractivity contribution >= 4 is 5.82 Å². The Labute approximate surface area is 191 Å². The third-order valence-electron chi connectivity index (χ3n) is 7.77. The summed E-state index contributed by atoms with van der Waals surface area (Å²) in [6.45, 7) is 7.92. The monoisotopic (exact) mass is 436 g/mol. The van der Waals surface area contributed by atoms with Gasteiger partial charge in [0.2, 0.25) is 0 Å². The lowest BCUT2D eigenvalue weighted by atomic mass is 9.78. The molecule has 2 saturated heterocycles. The smallest absolute Gasteiger partial charge is 0.147 e. The molecule has 0 amide bonds. The maximum atomic E-state index is 6.01. The van der Waals surface area contributed by atoms with Gasteiger partial charge in [0.25, 0.3) is 0 Å². The zero-order chi connectivity index (χ0) is 22.0. The van der Waals surface area contributed by atoms with Gasteiger partial charge in [-0.05, 0) is 69.7 Å². The number of hydrogen-bond donors (Lipinski definition) is 0. The predicted octanol–water partition coefficient (Wildman–Crippen LogP) is 4.05. The van der Waals surface area contributed by atoms with Crippen molar-refractivity contribution in [3.63, 3.8) is 0 Å². The molecule has 1 aliphatic carbocycles. The lowest BCUT2D eigenvalue weighted by Crippen LogP contribution is -2.56. The van der Waals surface area contributed by atoms with Crippen molar-refractivity contribution in [2.75, 3.05) is 51.4 Å². The van der Waals surface area contributed by atoms with Gasteiger partial charge >= 0.3 is 0 Å². The van der Waals surface area contributed by atoms with Crippen molar-refractivity contribution in [2.45, 2.75) is 51.0 Å². The highest BCUT2D eigenvalue weighted by Crippen LogP contribution is 2.48. The highest BCUT2D eigenvalue weighted by molar-refractivity contribution is 5.42. The molecule has 32 heavy (non-hydrogen) atoms. The summed E-state index contributed by atoms with van der Waals surface area (Å²) in [6.07, 6.45) is 10.3. The molecule has 6 heteroatoms. The van der Waals surface area contributed by atoms with Crippen molar-refractivity contribution in [2.24, 2.45) is 5.41 Å². The van der Waals surface area contributed by atoms with E-state index in [9.17, 15) is 0 Å². The van der Waals surface area contributed by atoms with Crippen LogP contribution in [0.2, 0.25) is 0 Å². The van der Waals surface area contributed by atoms with E-state index in [4.69, 9.17) is 9.47 Å². The quantitative estimate of drug-likeness (QED) is 0.611. The minimum atomic E-state index is 0.496. The largest absolute Gasteiger partial charge is 0.491 e. The van der Waals surface area contributed by atoms with Gasteiger partial charge in [-0.3, -0.25) is 4.98 Å². The summed E-state index contributed by atoms with van der Waals surface area (Å²) in [5, 5.41) is 0. The number of aryl methyl sites for hydroxylation is 1. The summed E-state index contributed by atoms with van der Waals surface area (Å²) < 4.78 is 11.2. The third-order valence-corrected chi connectivity index (χ3v) is 7.77. The molecule has 0 bridgehead atoms. The van der Waals surface area contributed by atoms with Crippen LogP contribution >= 0.6 is 0 Å². The number of nitrogens with zero attached hydrogens (tertiary/aromatic N) is 4. The van der Waals surface area contributed by atoms with Gasteiger partial charge in [-0.1, -0.05) is 18.2 Å². The topological polar surface area (TPSA) is 50.7 Å². The minimum absolute atomic E-state index is 0.496. The van der Waals surface area contributed by atoms with Gasteiger partial charge in [0.1, 0.15) is 18.2 Å². The summed E-state index contributed by atoms with van der Waals surface area (Å²) in [4.78, 5) is 14.2. The van der Waals surface area contributed by atoms with Crippen molar-refractivity contribution < 1.29 is 9.47 Å². The molecule has 3 aliphatic rings. The Morgan fingerprint density at radius 3 is 2.59 bits per heavy atom. The van der Waals surface area contributed by atoms with E-state index >= 15 is 0 Å². The van der Waals surface area contributed by atoms with Crippen LogP contribution in [0.1, 0.15) is 49.3 Å². The van der Waals surface area contributed by atoms with Crippen LogP contribution in [0.5, 0.6) is 5.75 Å². The van der Waals surface area contributed by atoms with Gasteiger partial charge in [0.15, 0.2) is 0 Å². The van der Waals surface area contributed by atoms with Gasteiger partial charge in [-0.25, -0.2) is 4.98 Å². The zero-order valence-electron chi connectivity index (χ0n) is 19.5. The van der Waals surface area contributed by atoms with E-state index in [0.717, 1.165) is 36.4 Å². The minimum Gasteiger partial charge on any atom is -0.491 e. The molecule has 1 saturated carbocycles. The summed E-state index contributed by atoms with van der Waals surface area (Å²) in [7, 11) is 1.72. The van der Waals surface area contributed by atoms with Crippen molar-refractivity contribution in [1.29, 1.82) is 0 Å². The maximum absolute atomic E-state index is 6.01. The first-order valence-corrected chi connectivity index (χ1v) is 12.1. The summed E-state index contributed by atoms with van der Waals surface area (Å²) in [5.41, 5.74) is 2.85. The Balaban J connectivity index is 1.13. The molecule has 172 valence electrons. The number of methoxy groups -OCH3 is 1. The molecule has 1 aromatic carbocycles. The molecule has 2 aromatic rings. The van der Waals surface area contributed by atoms with Gasteiger partial charge in [-0.2, -0.15) is 0 Å². The number of benzene rings is 1. The van der Waals surface area contributed by atoms with Crippen molar-refractivity contribution in [3.05, 3.63) is 47.9 Å². The Hall–Kier alpha value is -2.18. The van der Waals surface area contributed by atoms with Crippen LogP contribution in [0.4, 0.5) is 5.82 Å². The molecular weight excluding hydrogens is 400 g/mol. The van der Waals surface area contributed by atoms with E-state index in [-0.39, 0.29) is 0 Å². The molecule has 0 unspecified atom stereocenters. The maximum Gasteiger partial charge on any atom is 0.147 e. The van der Waals surface area contributed by atoms with Crippen LogP contribution in [0.3, 0.4) is 0 Å². The number of ether oxygens (including phenoxy) is 2. The second-order valence-electron chi connectivity index (χ2n) is 9.96. The highest BCUT2D eigenvalue weighted by Gasteiger charge is 2.49. The van der Waals surface area contributed by atoms with Crippen LogP contribution in [0.15, 0.2) is 36.7 Å². The molecule has 5 rings (SSSR count). The van der Waals surface area contributed by atoms with Gasteiger partial charge in [0, 0.05) is 31.7 Å². The molecule has 0 N–H and O–H groups in total. The van der Waals surface area contributed by atoms with Crippen LogP contribution in [-0.4, -0.2) is 67.4 Å². The fraction of sp³-hybridized carbons (Fsp3) is 0.615. The number of aromatic nitrogens is 2. The number of rotatable bonds is 7. The summed E-state index contributed by atoms with van der Waals surface area (Å²) in [5.74, 6) is 2.67. The Morgan fingerprint density at radius 1 is 1.03 bits per heavy atom. The van der Waals surface area contributed by atoms with Gasteiger partial charge in [0.05, 0.1) is 24.7 Å². The van der Waals surface area contributed by atoms with Crippen LogP contribution < -0.4 is 9.64 Å². The third kappa shape index (κ3) is 4.48. The first-order valence-electron chi connectivity index (χ1n) is 12.1. The fourth-order valence-corrected chi connectivity index (χ4v) is 6.01. The SMILES string of the molecule is COCCOc1ccccc1C1CCN([C@@H]2CCC3(C2)CN(c2cnc(C)cn2)C3)CC1. The fourth-order valence-electron chi connectivity index (χ4n) is 6.01. The number of para-hydroxylation sites is 1. The Morgan fingerprint density at radius 2 is 1.84 bits per heavy atom. The normalized spacial score (nSPS) is 23.4. The number of anilines is 1. The standard InChI is InChI=1S/C26H36N4O2/c1-20-16-28-25(17-27-20)30-18-26(19-30)10-7-22(15-26)29-11-8-21(9-12-29)23-5-3-4-6-24(23)32-14-13-31-2/h3-6,16-17,21-22H,7-15,18-19H2,1-2H3/t22-/m1/s1. The first-order chi connectivity index (χ1) is 15.7. The van der Waals surface area contributed by atoms with Gasteiger partial charge < -0.3 is 19.3 Å². The molecule has 1 spiro atoms. The Kier molecular flexibility index (Phi) is 6.33. The van der Waals surface area contributed by atoms with Crippen molar-refractivity contribution in [1.82, 2.24) is 14.9 Å². The second-order valence-corrected chi connectivity index (χ2v) is 9.96. The van der Waals surface area contributed by atoms with E-state index in [2.05, 4.69) is 44.0 Å². The molecule has 0 radical (unpaired) electrons. The van der Waals surface area contributed by atoms with E-state index in [0.29, 0.717) is 24.5 Å². The average molecular weight is 437 g/mol. The lowest BCUT2D eigenvalue weighted by molar-refractivity contribution is 0.129. The number of piperidine rings is 1. The van der Waals surface area contributed by atoms with Crippen LogP contribution in [0, 0.1) is 12.3 Å². The van der Waals surface area contributed by atoms with Crippen LogP contribution in [0.25, 0.3) is 0 Å².